The fourth-order valence-electron chi connectivity index (χ4n) is 2.17. The van der Waals surface area contributed by atoms with Crippen LogP contribution in [0.1, 0.15) is 52.4 Å². The highest BCUT2D eigenvalue weighted by molar-refractivity contribution is 5.77. The summed E-state index contributed by atoms with van der Waals surface area (Å²) in [7, 11) is 0. The number of hydrogen-bond donors (Lipinski definition) is 2. The monoisotopic (exact) mass is 243 g/mol. The number of hydrogen-bond acceptors (Lipinski definition) is 3. The van der Waals surface area contributed by atoms with E-state index >= 15 is 0 Å². The number of carbonyl (C=O) groups excluding carboxylic acids is 1. The van der Waals surface area contributed by atoms with Crippen molar-refractivity contribution in [1.82, 2.24) is 5.32 Å². The summed E-state index contributed by atoms with van der Waals surface area (Å²) in [4.78, 5) is 11.6. The molecule has 0 heterocycles. The molecule has 17 heavy (non-hydrogen) atoms. The number of rotatable bonds is 6. The van der Waals surface area contributed by atoms with Gasteiger partial charge >= 0.3 is 0 Å². The fourth-order valence-corrected chi connectivity index (χ4v) is 2.17. The van der Waals surface area contributed by atoms with E-state index in [2.05, 4.69) is 19.2 Å². The van der Waals surface area contributed by atoms with Crippen LogP contribution in [0.15, 0.2) is 0 Å². The zero-order valence-electron chi connectivity index (χ0n) is 10.9. The Labute approximate surface area is 104 Å². The fraction of sp³-hybridized carbons (Fsp3) is 0.923. The van der Waals surface area contributed by atoms with Crippen molar-refractivity contribution < 1.29 is 14.6 Å². The van der Waals surface area contributed by atoms with Gasteiger partial charge in [0, 0.05) is 6.04 Å². The van der Waals surface area contributed by atoms with Gasteiger partial charge in [0.15, 0.2) is 0 Å². The Bertz CT molecular complexity index is 221. The Kier molecular flexibility index (Phi) is 6.52. The Hall–Kier alpha value is -0.610. The summed E-state index contributed by atoms with van der Waals surface area (Å²) >= 11 is 0. The smallest absolute Gasteiger partial charge is 0.246 e. The lowest BCUT2D eigenvalue weighted by Crippen LogP contribution is -2.37. The van der Waals surface area contributed by atoms with Gasteiger partial charge in [-0.1, -0.05) is 13.8 Å². The number of amides is 1. The van der Waals surface area contributed by atoms with Crippen LogP contribution in [0.2, 0.25) is 0 Å². The Balaban J connectivity index is 2.15. The van der Waals surface area contributed by atoms with E-state index in [-0.39, 0.29) is 30.8 Å². The average Bonchev–Trinajstić information content (AvgIpc) is 2.35. The first-order valence-corrected chi connectivity index (χ1v) is 6.74. The van der Waals surface area contributed by atoms with E-state index < -0.39 is 0 Å². The largest absolute Gasteiger partial charge is 0.393 e. The van der Waals surface area contributed by atoms with Gasteiger partial charge in [-0.2, -0.15) is 0 Å². The van der Waals surface area contributed by atoms with Crippen LogP contribution in [0.25, 0.3) is 0 Å². The molecule has 0 unspecified atom stereocenters. The molecule has 1 aliphatic rings. The average molecular weight is 243 g/mol. The van der Waals surface area contributed by atoms with Gasteiger partial charge in [0.1, 0.15) is 6.61 Å². The molecule has 4 heteroatoms. The molecule has 0 saturated heterocycles. The molecule has 0 aliphatic heterocycles. The van der Waals surface area contributed by atoms with Gasteiger partial charge in [0.2, 0.25) is 5.91 Å². The van der Waals surface area contributed by atoms with E-state index in [1.807, 2.05) is 0 Å². The van der Waals surface area contributed by atoms with Gasteiger partial charge in [0.25, 0.3) is 0 Å². The first kappa shape index (κ1) is 14.5. The van der Waals surface area contributed by atoms with Crippen LogP contribution < -0.4 is 5.32 Å². The van der Waals surface area contributed by atoms with Crippen LogP contribution in [0.3, 0.4) is 0 Å². The molecular formula is C13H25NO3. The summed E-state index contributed by atoms with van der Waals surface area (Å²) in [6.07, 6.45) is 5.19. The van der Waals surface area contributed by atoms with Gasteiger partial charge in [-0.15, -0.1) is 0 Å². The molecule has 0 spiro atoms. The lowest BCUT2D eigenvalue weighted by atomic mass is 9.95. The van der Waals surface area contributed by atoms with Crippen molar-refractivity contribution in [2.24, 2.45) is 0 Å². The lowest BCUT2D eigenvalue weighted by molar-refractivity contribution is -0.129. The molecule has 0 atom stereocenters. The Morgan fingerprint density at radius 1 is 1.29 bits per heavy atom. The van der Waals surface area contributed by atoms with E-state index in [4.69, 9.17) is 4.74 Å². The summed E-state index contributed by atoms with van der Waals surface area (Å²) < 4.78 is 5.56. The molecule has 0 radical (unpaired) electrons. The molecule has 0 aromatic heterocycles. The number of carbonyl (C=O) groups is 1. The highest BCUT2D eigenvalue weighted by Crippen LogP contribution is 2.20. The SMILES string of the molecule is CCC(CC)NC(=O)COC1CCC(O)CC1. The van der Waals surface area contributed by atoms with Crippen molar-refractivity contribution in [3.05, 3.63) is 0 Å². The molecule has 0 bridgehead atoms. The highest BCUT2D eigenvalue weighted by Gasteiger charge is 2.20. The second-order valence-electron chi connectivity index (χ2n) is 4.82. The molecule has 0 aromatic rings. The first-order valence-electron chi connectivity index (χ1n) is 6.74. The molecule has 1 rings (SSSR count). The van der Waals surface area contributed by atoms with E-state index in [1.54, 1.807) is 0 Å². The second-order valence-corrected chi connectivity index (χ2v) is 4.82. The van der Waals surface area contributed by atoms with Gasteiger partial charge in [-0.25, -0.2) is 0 Å². The molecule has 100 valence electrons. The molecule has 2 N–H and O–H groups in total. The number of aliphatic hydroxyl groups excluding tert-OH is 1. The molecule has 4 nitrogen and oxygen atoms in total. The van der Waals surface area contributed by atoms with Crippen molar-refractivity contribution in [3.63, 3.8) is 0 Å². The summed E-state index contributed by atoms with van der Waals surface area (Å²) in [6.45, 7) is 4.28. The minimum Gasteiger partial charge on any atom is -0.393 e. The molecule has 0 aromatic carbocycles. The van der Waals surface area contributed by atoms with Crippen LogP contribution in [0, 0.1) is 0 Å². The van der Waals surface area contributed by atoms with E-state index in [1.165, 1.54) is 0 Å². The molecule has 1 amide bonds. The Morgan fingerprint density at radius 3 is 2.41 bits per heavy atom. The third-order valence-electron chi connectivity index (χ3n) is 3.44. The Morgan fingerprint density at radius 2 is 1.88 bits per heavy atom. The normalized spacial score (nSPS) is 24.9. The van der Waals surface area contributed by atoms with Gasteiger partial charge in [0.05, 0.1) is 12.2 Å². The lowest BCUT2D eigenvalue weighted by Gasteiger charge is -2.25. The van der Waals surface area contributed by atoms with Crippen molar-refractivity contribution in [2.45, 2.75) is 70.6 Å². The summed E-state index contributed by atoms with van der Waals surface area (Å²) in [6, 6.07) is 0.263. The zero-order chi connectivity index (χ0) is 12.7. The third-order valence-corrected chi connectivity index (χ3v) is 3.44. The van der Waals surface area contributed by atoms with Crippen LogP contribution in [0.4, 0.5) is 0 Å². The summed E-state index contributed by atoms with van der Waals surface area (Å²) in [5.74, 6) is -0.0233. The van der Waals surface area contributed by atoms with E-state index in [0.29, 0.717) is 0 Å². The molecule has 1 aliphatic carbocycles. The minimum absolute atomic E-state index is 0.0233. The van der Waals surface area contributed by atoms with Crippen molar-refractivity contribution in [3.8, 4) is 0 Å². The predicted octanol–water partition coefficient (Wildman–Crippen LogP) is 1.61. The van der Waals surface area contributed by atoms with Crippen LogP contribution in [0.5, 0.6) is 0 Å². The molecule has 1 saturated carbocycles. The van der Waals surface area contributed by atoms with Crippen molar-refractivity contribution >= 4 is 5.91 Å². The second kappa shape index (κ2) is 7.67. The number of ether oxygens (including phenoxy) is 1. The minimum atomic E-state index is -0.173. The maximum absolute atomic E-state index is 11.6. The number of aliphatic hydroxyl groups is 1. The molecular weight excluding hydrogens is 218 g/mol. The summed E-state index contributed by atoms with van der Waals surface area (Å²) in [5, 5.41) is 12.3. The standard InChI is InChI=1S/C13H25NO3/c1-3-10(4-2)14-13(16)9-17-12-7-5-11(15)6-8-12/h10-12,15H,3-9H2,1-2H3,(H,14,16). The van der Waals surface area contributed by atoms with Gasteiger partial charge in [-0.05, 0) is 38.5 Å². The van der Waals surface area contributed by atoms with Gasteiger partial charge < -0.3 is 15.2 Å². The van der Waals surface area contributed by atoms with Crippen molar-refractivity contribution in [2.75, 3.05) is 6.61 Å². The maximum Gasteiger partial charge on any atom is 0.246 e. The third kappa shape index (κ3) is 5.50. The maximum atomic E-state index is 11.6. The molecule has 1 fully saturated rings. The first-order chi connectivity index (χ1) is 8.15. The van der Waals surface area contributed by atoms with Crippen LogP contribution >= 0.6 is 0 Å². The summed E-state index contributed by atoms with van der Waals surface area (Å²) in [5.41, 5.74) is 0. The topological polar surface area (TPSA) is 58.6 Å². The quantitative estimate of drug-likeness (QED) is 0.745. The van der Waals surface area contributed by atoms with Crippen LogP contribution in [-0.4, -0.2) is 35.9 Å². The zero-order valence-corrected chi connectivity index (χ0v) is 10.9. The number of nitrogens with one attached hydrogen (secondary N) is 1. The van der Waals surface area contributed by atoms with Gasteiger partial charge in [-0.3, -0.25) is 4.79 Å². The van der Waals surface area contributed by atoms with Crippen molar-refractivity contribution in [1.29, 1.82) is 0 Å². The van der Waals surface area contributed by atoms with Crippen LogP contribution in [-0.2, 0) is 9.53 Å². The van der Waals surface area contributed by atoms with E-state index in [0.717, 1.165) is 38.5 Å². The van der Waals surface area contributed by atoms with E-state index in [9.17, 15) is 9.90 Å². The highest BCUT2D eigenvalue weighted by atomic mass is 16.5. The predicted molar refractivity (Wildman–Crippen MR) is 66.7 cm³/mol.